The van der Waals surface area contributed by atoms with Crippen LogP contribution in [0.5, 0.6) is 5.75 Å². The van der Waals surface area contributed by atoms with E-state index >= 15 is 0 Å². The van der Waals surface area contributed by atoms with Gasteiger partial charge in [0.15, 0.2) is 6.04 Å². The lowest BCUT2D eigenvalue weighted by molar-refractivity contribution is -0.156. The summed E-state index contributed by atoms with van der Waals surface area (Å²) in [6.07, 6.45) is 1.04. The molecular formula is C29H42IN3O8. The second-order valence-corrected chi connectivity index (χ2v) is 12.2. The highest BCUT2D eigenvalue weighted by Crippen LogP contribution is 2.23. The van der Waals surface area contributed by atoms with Gasteiger partial charge in [-0.25, -0.2) is 4.79 Å². The summed E-state index contributed by atoms with van der Waals surface area (Å²) in [6, 6.07) is 0.786. The number of cyclic esters (lactones) is 1. The molecule has 0 unspecified atom stereocenters. The number of nitrogens with one attached hydrogen (secondary N) is 2. The molecule has 0 aromatic heterocycles. The molecule has 0 spiro atoms. The van der Waals surface area contributed by atoms with Gasteiger partial charge in [-0.3, -0.25) is 14.4 Å². The molecule has 228 valence electrons. The van der Waals surface area contributed by atoms with Crippen LogP contribution in [0.2, 0.25) is 0 Å². The first-order valence-electron chi connectivity index (χ1n) is 13.7. The summed E-state index contributed by atoms with van der Waals surface area (Å²) in [7, 11) is 1.36. The number of nitrogens with zero attached hydrogens (tertiary/aromatic N) is 1. The van der Waals surface area contributed by atoms with Gasteiger partial charge in [-0.1, -0.05) is 31.6 Å². The Morgan fingerprint density at radius 3 is 2.37 bits per heavy atom. The number of ether oxygens (including phenoxy) is 1. The van der Waals surface area contributed by atoms with Gasteiger partial charge in [0.25, 0.3) is 0 Å². The standard InChI is InChI=1S/C29H42IN3O8/c1-15-9-16(2)11-18(4)41-29(40)25(19(5)35)32-27(38)23(13-20-7-8-24(36)21(30)12-20)33(6)28(39)22(14-34)31-26(37)17(3)10-15/h7-9,12,16-19,22-23,25,34-36H,10-11,13-14H2,1-6H3,(H,31,37)(H,32,38)/b15-9+/t16-,17-,18-,19+,22-,23+,25-/m0/s1. The normalized spacial score (nSPS) is 29.8. The molecule has 11 nitrogen and oxygen atoms in total. The van der Waals surface area contributed by atoms with Crippen molar-refractivity contribution in [2.75, 3.05) is 13.7 Å². The summed E-state index contributed by atoms with van der Waals surface area (Å²) >= 11 is 1.94. The number of esters is 1. The summed E-state index contributed by atoms with van der Waals surface area (Å²) in [5.41, 5.74) is 1.55. The quantitative estimate of drug-likeness (QED) is 0.181. The maximum atomic E-state index is 13.6. The number of aliphatic hydroxyl groups is 2. The number of hydrogen-bond donors (Lipinski definition) is 5. The summed E-state index contributed by atoms with van der Waals surface area (Å²) in [5.74, 6) is -3.13. The molecule has 0 aliphatic carbocycles. The van der Waals surface area contributed by atoms with Gasteiger partial charge in [-0.2, -0.15) is 0 Å². The number of amides is 3. The van der Waals surface area contributed by atoms with E-state index in [9.17, 15) is 34.5 Å². The predicted octanol–water partition coefficient (Wildman–Crippen LogP) is 1.65. The summed E-state index contributed by atoms with van der Waals surface area (Å²) in [5, 5.41) is 35.4. The fourth-order valence-electron chi connectivity index (χ4n) is 4.87. The molecule has 0 saturated heterocycles. The van der Waals surface area contributed by atoms with E-state index in [4.69, 9.17) is 4.74 Å². The first-order valence-corrected chi connectivity index (χ1v) is 14.7. The molecule has 5 N–H and O–H groups in total. The van der Waals surface area contributed by atoms with Crippen molar-refractivity contribution in [1.82, 2.24) is 15.5 Å². The molecular weight excluding hydrogens is 645 g/mol. The first-order chi connectivity index (χ1) is 19.1. The molecule has 0 saturated carbocycles. The van der Waals surface area contributed by atoms with E-state index in [2.05, 4.69) is 10.6 Å². The monoisotopic (exact) mass is 687 g/mol. The van der Waals surface area contributed by atoms with E-state index < -0.39 is 66.5 Å². The average Bonchev–Trinajstić information content (AvgIpc) is 2.88. The van der Waals surface area contributed by atoms with E-state index in [-0.39, 0.29) is 18.1 Å². The van der Waals surface area contributed by atoms with Crippen LogP contribution in [0.3, 0.4) is 0 Å². The van der Waals surface area contributed by atoms with Gasteiger partial charge in [0.1, 0.15) is 17.8 Å². The van der Waals surface area contributed by atoms with Crippen molar-refractivity contribution in [3.05, 3.63) is 39.0 Å². The smallest absolute Gasteiger partial charge is 0.331 e. The number of benzene rings is 1. The van der Waals surface area contributed by atoms with Crippen LogP contribution in [0.15, 0.2) is 29.8 Å². The average molecular weight is 688 g/mol. The lowest BCUT2D eigenvalue weighted by atomic mass is 9.95. The minimum absolute atomic E-state index is 0.00411. The molecule has 2 rings (SSSR count). The number of allylic oxidation sites excluding steroid dienone is 2. The molecule has 1 aliphatic rings. The van der Waals surface area contributed by atoms with Crippen molar-refractivity contribution in [3.8, 4) is 5.75 Å². The predicted molar refractivity (Wildman–Crippen MR) is 161 cm³/mol. The van der Waals surface area contributed by atoms with Crippen LogP contribution in [0, 0.1) is 15.4 Å². The lowest BCUT2D eigenvalue weighted by Gasteiger charge is -2.32. The summed E-state index contributed by atoms with van der Waals surface area (Å²) in [6.45, 7) is 7.95. The van der Waals surface area contributed by atoms with E-state index in [1.807, 2.05) is 42.5 Å². The van der Waals surface area contributed by atoms with Crippen LogP contribution in [0.25, 0.3) is 0 Å². The molecule has 1 aromatic carbocycles. The number of halogens is 1. The molecule has 0 fully saturated rings. The Morgan fingerprint density at radius 1 is 1.12 bits per heavy atom. The topological polar surface area (TPSA) is 165 Å². The SMILES string of the molecule is C/C1=C\[C@H](C)C[C@H](C)OC(=O)[C@H]([C@@H](C)O)NC(=O)[C@@H](Cc2ccc(O)c(I)c2)N(C)C(=O)[C@H](CO)NC(=O)[C@@H](C)C1. The number of aromatic hydroxyl groups is 1. The van der Waals surface area contributed by atoms with Gasteiger partial charge in [-0.05, 0) is 79.8 Å². The Balaban J connectivity index is 2.52. The van der Waals surface area contributed by atoms with E-state index in [0.29, 0.717) is 22.0 Å². The van der Waals surface area contributed by atoms with Crippen LogP contribution in [-0.2, 0) is 30.3 Å². The third kappa shape index (κ3) is 9.96. The number of rotatable bonds is 4. The van der Waals surface area contributed by atoms with Gasteiger partial charge in [0.05, 0.1) is 22.4 Å². The van der Waals surface area contributed by atoms with E-state index in [1.54, 1.807) is 26.0 Å². The Kier molecular flexibility index (Phi) is 13.0. The van der Waals surface area contributed by atoms with E-state index in [1.165, 1.54) is 20.0 Å². The van der Waals surface area contributed by atoms with Crippen molar-refractivity contribution >= 4 is 46.3 Å². The minimum Gasteiger partial charge on any atom is -0.507 e. The van der Waals surface area contributed by atoms with E-state index in [0.717, 1.165) is 10.5 Å². The zero-order valence-corrected chi connectivity index (χ0v) is 26.5. The largest absolute Gasteiger partial charge is 0.507 e. The maximum Gasteiger partial charge on any atom is 0.331 e. The summed E-state index contributed by atoms with van der Waals surface area (Å²) < 4.78 is 6.11. The van der Waals surface area contributed by atoms with Crippen molar-refractivity contribution in [3.63, 3.8) is 0 Å². The number of carbonyl (C=O) groups excluding carboxylic acids is 4. The minimum atomic E-state index is -1.41. The van der Waals surface area contributed by atoms with Gasteiger partial charge < -0.3 is 35.6 Å². The third-order valence-electron chi connectivity index (χ3n) is 7.06. The fraction of sp³-hybridized carbons (Fsp3) is 0.586. The van der Waals surface area contributed by atoms with Crippen LogP contribution in [0.4, 0.5) is 0 Å². The van der Waals surface area contributed by atoms with Gasteiger partial charge in [-0.15, -0.1) is 0 Å². The Morgan fingerprint density at radius 2 is 1.78 bits per heavy atom. The number of phenolic OH excluding ortho intramolecular Hbond substituents is 1. The highest BCUT2D eigenvalue weighted by molar-refractivity contribution is 14.1. The maximum absolute atomic E-state index is 13.6. The van der Waals surface area contributed by atoms with Crippen molar-refractivity contribution in [2.24, 2.45) is 11.8 Å². The Bertz CT molecular complexity index is 1140. The molecule has 0 bridgehead atoms. The number of hydrogen-bond acceptors (Lipinski definition) is 8. The Labute approximate surface area is 254 Å². The van der Waals surface area contributed by atoms with Gasteiger partial charge in [0, 0.05) is 19.4 Å². The molecule has 1 aromatic rings. The second-order valence-electron chi connectivity index (χ2n) is 11.0. The van der Waals surface area contributed by atoms with Crippen molar-refractivity contribution in [1.29, 1.82) is 0 Å². The van der Waals surface area contributed by atoms with Crippen LogP contribution in [-0.4, -0.2) is 87.9 Å². The molecule has 1 heterocycles. The molecule has 1 aliphatic heterocycles. The number of likely N-dealkylation sites (N-methyl/N-ethyl adjacent to an activating group) is 1. The van der Waals surface area contributed by atoms with Gasteiger partial charge in [0.2, 0.25) is 17.7 Å². The van der Waals surface area contributed by atoms with Crippen molar-refractivity contribution < 1.29 is 39.2 Å². The van der Waals surface area contributed by atoms with Gasteiger partial charge >= 0.3 is 5.97 Å². The molecule has 3 amide bonds. The third-order valence-corrected chi connectivity index (χ3v) is 7.92. The zero-order chi connectivity index (χ0) is 31.0. The number of phenols is 1. The van der Waals surface area contributed by atoms with Crippen molar-refractivity contribution in [2.45, 2.75) is 84.2 Å². The second kappa shape index (κ2) is 15.5. The highest BCUT2D eigenvalue weighted by atomic mass is 127. The number of carbonyl (C=O) groups is 4. The molecule has 7 atom stereocenters. The van der Waals surface area contributed by atoms with Crippen LogP contribution in [0.1, 0.15) is 53.0 Å². The molecule has 12 heteroatoms. The summed E-state index contributed by atoms with van der Waals surface area (Å²) in [4.78, 5) is 54.2. The zero-order valence-electron chi connectivity index (χ0n) is 24.4. The highest BCUT2D eigenvalue weighted by Gasteiger charge is 2.36. The molecule has 0 radical (unpaired) electrons. The molecule has 41 heavy (non-hydrogen) atoms. The number of aliphatic hydroxyl groups excluding tert-OH is 2. The van der Waals surface area contributed by atoms with Crippen LogP contribution < -0.4 is 10.6 Å². The fourth-order valence-corrected chi connectivity index (χ4v) is 5.45. The first kappa shape index (κ1) is 34.5. The Hall–Kier alpha value is -2.71. The van der Waals surface area contributed by atoms with Crippen LogP contribution >= 0.6 is 22.6 Å². The lowest BCUT2D eigenvalue weighted by Crippen LogP contribution is -2.59.